The lowest BCUT2D eigenvalue weighted by molar-refractivity contribution is 0.0422. The summed E-state index contributed by atoms with van der Waals surface area (Å²) in [6, 6.07) is 12.4. The Bertz CT molecular complexity index is 1050. The number of fused-ring (bicyclic) bond motifs is 3. The highest BCUT2D eigenvalue weighted by atomic mass is 16.5. The van der Waals surface area contributed by atoms with Gasteiger partial charge in [0.05, 0.1) is 24.4 Å². The van der Waals surface area contributed by atoms with E-state index in [4.69, 9.17) is 4.74 Å². The first-order chi connectivity index (χ1) is 13.3. The zero-order valence-corrected chi connectivity index (χ0v) is 15.4. The van der Waals surface area contributed by atoms with Gasteiger partial charge >= 0.3 is 0 Å². The highest BCUT2D eigenvalue weighted by molar-refractivity contribution is 5.74. The van der Waals surface area contributed by atoms with Crippen LogP contribution in [0.15, 0.2) is 48.8 Å². The summed E-state index contributed by atoms with van der Waals surface area (Å²) in [5, 5.41) is 8.94. The van der Waals surface area contributed by atoms with Crippen molar-refractivity contribution < 1.29 is 4.74 Å². The average Bonchev–Trinajstić information content (AvgIpc) is 3.43. The summed E-state index contributed by atoms with van der Waals surface area (Å²) in [5.41, 5.74) is 3.94. The zero-order chi connectivity index (χ0) is 18.2. The molecule has 0 saturated heterocycles. The Morgan fingerprint density at radius 3 is 2.89 bits per heavy atom. The van der Waals surface area contributed by atoms with E-state index >= 15 is 0 Å². The zero-order valence-electron chi connectivity index (χ0n) is 15.4. The van der Waals surface area contributed by atoms with Crippen LogP contribution >= 0.6 is 0 Å². The van der Waals surface area contributed by atoms with Crippen molar-refractivity contribution in [3.8, 4) is 0 Å². The lowest BCUT2D eigenvalue weighted by atomic mass is 9.93. The Morgan fingerprint density at radius 2 is 2.04 bits per heavy atom. The molecule has 0 amide bonds. The molecule has 1 N–H and O–H groups in total. The quantitative estimate of drug-likeness (QED) is 0.581. The third-order valence-electron chi connectivity index (χ3n) is 5.80. The Balaban J connectivity index is 1.42. The molecule has 0 bridgehead atoms. The van der Waals surface area contributed by atoms with Crippen LogP contribution in [0.1, 0.15) is 43.5 Å². The van der Waals surface area contributed by atoms with E-state index in [1.165, 1.54) is 5.56 Å². The van der Waals surface area contributed by atoms with E-state index in [1.54, 1.807) is 6.20 Å². The molecule has 1 aromatic carbocycles. The minimum Gasteiger partial charge on any atom is -0.374 e. The molecule has 1 aliphatic rings. The first-order valence-corrected chi connectivity index (χ1v) is 9.66. The first kappa shape index (κ1) is 16.4. The molecule has 1 saturated carbocycles. The van der Waals surface area contributed by atoms with Crippen molar-refractivity contribution in [1.29, 1.82) is 0 Å². The highest BCUT2D eigenvalue weighted by Gasteiger charge is 2.37. The van der Waals surface area contributed by atoms with E-state index in [2.05, 4.69) is 55.8 Å². The lowest BCUT2D eigenvalue weighted by Gasteiger charge is -2.15. The van der Waals surface area contributed by atoms with Crippen LogP contribution in [0.2, 0.25) is 0 Å². The largest absolute Gasteiger partial charge is 0.374 e. The number of ether oxygens (including phenoxy) is 1. The summed E-state index contributed by atoms with van der Waals surface area (Å²) < 4.78 is 8.42. The van der Waals surface area contributed by atoms with E-state index in [9.17, 15) is 0 Å². The van der Waals surface area contributed by atoms with Crippen LogP contribution in [0.5, 0.6) is 0 Å². The van der Waals surface area contributed by atoms with E-state index in [0.717, 1.165) is 41.9 Å². The summed E-state index contributed by atoms with van der Waals surface area (Å²) >= 11 is 0. The predicted octanol–water partition coefficient (Wildman–Crippen LogP) is 4.09. The molecule has 1 aliphatic carbocycles. The van der Waals surface area contributed by atoms with Crippen LogP contribution in [0.25, 0.3) is 16.8 Å². The molecule has 3 aromatic heterocycles. The van der Waals surface area contributed by atoms with Gasteiger partial charge in [0, 0.05) is 12.1 Å². The van der Waals surface area contributed by atoms with Crippen molar-refractivity contribution in [3.05, 3.63) is 60.2 Å². The molecular formula is C21H23N5O. The van der Waals surface area contributed by atoms with Gasteiger partial charge in [0.1, 0.15) is 5.82 Å². The van der Waals surface area contributed by atoms with Crippen LogP contribution < -0.4 is 0 Å². The van der Waals surface area contributed by atoms with Gasteiger partial charge in [-0.15, -0.1) is 10.2 Å². The topological polar surface area (TPSA) is 68.1 Å². The Morgan fingerprint density at radius 1 is 1.15 bits per heavy atom. The van der Waals surface area contributed by atoms with Crippen LogP contribution in [-0.4, -0.2) is 30.7 Å². The number of rotatable bonds is 5. The van der Waals surface area contributed by atoms with Crippen LogP contribution in [0.4, 0.5) is 0 Å². The molecule has 0 unspecified atom stereocenters. The average molecular weight is 361 g/mol. The summed E-state index contributed by atoms with van der Waals surface area (Å²) in [5.74, 6) is 1.95. The monoisotopic (exact) mass is 361 g/mol. The Kier molecular flexibility index (Phi) is 4.13. The molecule has 3 atom stereocenters. The fraction of sp³-hybridized carbons (Fsp3) is 0.381. The van der Waals surface area contributed by atoms with Crippen molar-refractivity contribution in [2.45, 2.75) is 44.8 Å². The molecule has 1 fully saturated rings. The molecule has 5 rings (SSSR count). The smallest absolute Gasteiger partial charge is 0.179 e. The van der Waals surface area contributed by atoms with Gasteiger partial charge in [-0.2, -0.15) is 0 Å². The van der Waals surface area contributed by atoms with E-state index in [0.29, 0.717) is 18.4 Å². The van der Waals surface area contributed by atoms with Crippen molar-refractivity contribution in [3.63, 3.8) is 0 Å². The standard InChI is InChI=1S/C21H23N5O/c1-2-15-10-16(27-13-14-6-4-3-5-7-14)11-17(15)21-25-24-19-12-23-20-18(26(19)21)8-9-22-20/h3-9,12,15-17,22H,2,10-11,13H2,1H3/t15-,16+,17+/m1/s1. The van der Waals surface area contributed by atoms with Crippen molar-refractivity contribution in [2.75, 3.05) is 0 Å². The maximum atomic E-state index is 6.26. The second-order valence-corrected chi connectivity index (χ2v) is 7.39. The molecule has 0 aliphatic heterocycles. The van der Waals surface area contributed by atoms with Gasteiger partial charge in [0.15, 0.2) is 11.3 Å². The van der Waals surface area contributed by atoms with E-state index in [-0.39, 0.29) is 6.10 Å². The number of hydrogen-bond acceptors (Lipinski definition) is 4. The van der Waals surface area contributed by atoms with Gasteiger partial charge in [-0.1, -0.05) is 43.7 Å². The fourth-order valence-electron chi connectivity index (χ4n) is 4.40. The molecule has 6 nitrogen and oxygen atoms in total. The first-order valence-electron chi connectivity index (χ1n) is 9.66. The van der Waals surface area contributed by atoms with Crippen LogP contribution in [-0.2, 0) is 11.3 Å². The van der Waals surface area contributed by atoms with Gasteiger partial charge in [-0.25, -0.2) is 4.98 Å². The molecule has 138 valence electrons. The molecule has 6 heteroatoms. The maximum Gasteiger partial charge on any atom is 0.179 e. The highest BCUT2D eigenvalue weighted by Crippen LogP contribution is 2.42. The van der Waals surface area contributed by atoms with Gasteiger partial charge in [-0.3, -0.25) is 4.40 Å². The Labute approximate surface area is 157 Å². The van der Waals surface area contributed by atoms with E-state index in [1.807, 2.05) is 18.3 Å². The van der Waals surface area contributed by atoms with Crippen molar-refractivity contribution in [1.82, 2.24) is 24.6 Å². The number of nitrogens with zero attached hydrogens (tertiary/aromatic N) is 4. The molecule has 0 radical (unpaired) electrons. The number of aromatic amines is 1. The van der Waals surface area contributed by atoms with Gasteiger partial charge < -0.3 is 9.72 Å². The SMILES string of the molecule is CC[C@@H]1C[C@H](OCc2ccccc2)C[C@@H]1c1nnc2cnc3[nH]ccc3n12. The third-order valence-corrected chi connectivity index (χ3v) is 5.80. The van der Waals surface area contributed by atoms with Crippen molar-refractivity contribution >= 4 is 16.8 Å². The molecule has 4 aromatic rings. The van der Waals surface area contributed by atoms with Gasteiger partial charge in [0.2, 0.25) is 0 Å². The Hall–Kier alpha value is -2.73. The lowest BCUT2D eigenvalue weighted by Crippen LogP contribution is -2.10. The van der Waals surface area contributed by atoms with Crippen LogP contribution in [0, 0.1) is 5.92 Å². The second-order valence-electron chi connectivity index (χ2n) is 7.39. The van der Waals surface area contributed by atoms with E-state index < -0.39 is 0 Å². The summed E-state index contributed by atoms with van der Waals surface area (Å²) in [7, 11) is 0. The summed E-state index contributed by atoms with van der Waals surface area (Å²) in [4.78, 5) is 7.60. The molecule has 3 heterocycles. The fourth-order valence-corrected chi connectivity index (χ4v) is 4.40. The molecule has 27 heavy (non-hydrogen) atoms. The van der Waals surface area contributed by atoms with Gasteiger partial charge in [-0.05, 0) is 30.4 Å². The number of hydrogen-bond donors (Lipinski definition) is 1. The maximum absolute atomic E-state index is 6.26. The minimum absolute atomic E-state index is 0.260. The van der Waals surface area contributed by atoms with Crippen molar-refractivity contribution in [2.24, 2.45) is 5.92 Å². The van der Waals surface area contributed by atoms with Crippen LogP contribution in [0.3, 0.4) is 0 Å². The number of nitrogens with one attached hydrogen (secondary N) is 1. The predicted molar refractivity (Wildman–Crippen MR) is 103 cm³/mol. The van der Waals surface area contributed by atoms with Gasteiger partial charge in [0.25, 0.3) is 0 Å². The molecule has 0 spiro atoms. The number of aromatic nitrogens is 5. The molecular weight excluding hydrogens is 338 g/mol. The normalized spacial score (nSPS) is 22.8. The summed E-state index contributed by atoms with van der Waals surface area (Å²) in [6.07, 6.45) is 7.14. The second kappa shape index (κ2) is 6.78. The number of benzene rings is 1. The third kappa shape index (κ3) is 2.90. The minimum atomic E-state index is 0.260. The number of H-pyrrole nitrogens is 1. The summed E-state index contributed by atoms with van der Waals surface area (Å²) in [6.45, 7) is 2.93.